The van der Waals surface area contributed by atoms with Crippen LogP contribution in [0.5, 0.6) is 0 Å². The standard InChI is InChI=1S/C19H20N2O3S3/c1-27(22,23)15-8-6-13(7-9-15)19-20-14(11-26-19)10-25-12-17-16-4-2-3-5-18(16)24-21-17/h6-9,11H,2-5,10,12H2,1H3. The Morgan fingerprint density at radius 2 is 1.93 bits per heavy atom. The first-order valence-corrected chi connectivity index (χ1v) is 12.7. The molecule has 0 aliphatic heterocycles. The fourth-order valence-electron chi connectivity index (χ4n) is 3.17. The van der Waals surface area contributed by atoms with Crippen molar-refractivity contribution in [3.05, 3.63) is 52.4 Å². The molecule has 0 fully saturated rings. The molecule has 8 heteroatoms. The van der Waals surface area contributed by atoms with Crippen LogP contribution in [0.3, 0.4) is 0 Å². The topological polar surface area (TPSA) is 73.1 Å². The first-order valence-electron chi connectivity index (χ1n) is 8.79. The molecule has 3 aromatic rings. The Labute approximate surface area is 167 Å². The molecular formula is C19H20N2O3S3. The maximum absolute atomic E-state index is 11.6. The largest absolute Gasteiger partial charge is 0.361 e. The third kappa shape index (κ3) is 4.28. The van der Waals surface area contributed by atoms with E-state index in [-0.39, 0.29) is 0 Å². The Morgan fingerprint density at radius 3 is 2.70 bits per heavy atom. The first-order chi connectivity index (χ1) is 13.0. The molecule has 27 heavy (non-hydrogen) atoms. The minimum absolute atomic E-state index is 0.328. The molecule has 2 heterocycles. The van der Waals surface area contributed by atoms with Gasteiger partial charge in [-0.2, -0.15) is 0 Å². The van der Waals surface area contributed by atoms with E-state index in [1.807, 2.05) is 12.1 Å². The predicted octanol–water partition coefficient (Wildman–Crippen LogP) is 4.51. The summed E-state index contributed by atoms with van der Waals surface area (Å²) >= 11 is 3.37. The highest BCUT2D eigenvalue weighted by Gasteiger charge is 2.19. The van der Waals surface area contributed by atoms with Crippen molar-refractivity contribution in [2.24, 2.45) is 0 Å². The Bertz CT molecular complexity index is 1040. The van der Waals surface area contributed by atoms with Crippen LogP contribution < -0.4 is 0 Å². The average Bonchev–Trinajstić information content (AvgIpc) is 3.29. The van der Waals surface area contributed by atoms with Crippen molar-refractivity contribution < 1.29 is 12.9 Å². The number of hydrogen-bond donors (Lipinski definition) is 0. The van der Waals surface area contributed by atoms with Crippen molar-refractivity contribution in [2.45, 2.75) is 42.1 Å². The lowest BCUT2D eigenvalue weighted by molar-refractivity contribution is 0.369. The summed E-state index contributed by atoms with van der Waals surface area (Å²) < 4.78 is 28.6. The van der Waals surface area contributed by atoms with Crippen LogP contribution in [0.25, 0.3) is 10.6 Å². The lowest BCUT2D eigenvalue weighted by atomic mass is 9.97. The second-order valence-electron chi connectivity index (χ2n) is 6.67. The molecule has 142 valence electrons. The van der Waals surface area contributed by atoms with E-state index in [1.165, 1.54) is 24.7 Å². The van der Waals surface area contributed by atoms with Crippen LogP contribution in [0.1, 0.15) is 35.6 Å². The van der Waals surface area contributed by atoms with Crippen molar-refractivity contribution in [3.8, 4) is 10.6 Å². The Morgan fingerprint density at radius 1 is 1.15 bits per heavy atom. The van der Waals surface area contributed by atoms with Gasteiger partial charge < -0.3 is 4.52 Å². The molecule has 1 aliphatic carbocycles. The summed E-state index contributed by atoms with van der Waals surface area (Å²) in [5.74, 6) is 2.74. The van der Waals surface area contributed by atoms with Crippen LogP contribution >= 0.6 is 23.1 Å². The van der Waals surface area contributed by atoms with Crippen LogP contribution in [0.2, 0.25) is 0 Å². The van der Waals surface area contributed by atoms with Gasteiger partial charge in [0.25, 0.3) is 0 Å². The molecule has 4 rings (SSSR count). The SMILES string of the molecule is CS(=O)(=O)c1ccc(-c2nc(CSCc3noc4c3CCCC4)cs2)cc1. The highest BCUT2D eigenvalue weighted by molar-refractivity contribution is 7.97. The van der Waals surface area contributed by atoms with E-state index >= 15 is 0 Å². The van der Waals surface area contributed by atoms with E-state index < -0.39 is 9.84 Å². The van der Waals surface area contributed by atoms with Gasteiger partial charge in [-0.25, -0.2) is 13.4 Å². The van der Waals surface area contributed by atoms with E-state index in [0.717, 1.165) is 52.1 Å². The smallest absolute Gasteiger partial charge is 0.175 e. The number of aryl methyl sites for hydroxylation is 1. The van der Waals surface area contributed by atoms with E-state index in [2.05, 4.69) is 15.5 Å². The van der Waals surface area contributed by atoms with Gasteiger partial charge in [0.15, 0.2) is 9.84 Å². The number of nitrogens with zero attached hydrogens (tertiary/aromatic N) is 2. The van der Waals surface area contributed by atoms with Crippen molar-refractivity contribution in [2.75, 3.05) is 6.26 Å². The maximum Gasteiger partial charge on any atom is 0.175 e. The molecule has 5 nitrogen and oxygen atoms in total. The van der Waals surface area contributed by atoms with Gasteiger partial charge in [-0.15, -0.1) is 23.1 Å². The first kappa shape index (κ1) is 18.7. The van der Waals surface area contributed by atoms with E-state index in [0.29, 0.717) is 4.90 Å². The molecule has 1 aliphatic rings. The van der Waals surface area contributed by atoms with Gasteiger partial charge in [0, 0.05) is 40.7 Å². The second kappa shape index (κ2) is 7.77. The zero-order valence-electron chi connectivity index (χ0n) is 15.0. The van der Waals surface area contributed by atoms with Crippen molar-refractivity contribution >= 4 is 32.9 Å². The minimum Gasteiger partial charge on any atom is -0.361 e. The molecular weight excluding hydrogens is 400 g/mol. The summed E-state index contributed by atoms with van der Waals surface area (Å²) in [4.78, 5) is 5.01. The normalized spacial score (nSPS) is 14.3. The summed E-state index contributed by atoms with van der Waals surface area (Å²) in [7, 11) is -3.17. The zero-order chi connectivity index (χ0) is 18.9. The second-order valence-corrected chi connectivity index (χ2v) is 10.5. The third-order valence-electron chi connectivity index (χ3n) is 4.60. The molecule has 0 N–H and O–H groups in total. The number of rotatable bonds is 6. The molecule has 0 saturated heterocycles. The van der Waals surface area contributed by atoms with Gasteiger partial charge in [-0.3, -0.25) is 0 Å². The molecule has 0 spiro atoms. The summed E-state index contributed by atoms with van der Waals surface area (Å²) in [6.07, 6.45) is 5.73. The van der Waals surface area contributed by atoms with Gasteiger partial charge in [0.05, 0.1) is 16.3 Å². The molecule has 0 atom stereocenters. The number of thiazole rings is 1. The highest BCUT2D eigenvalue weighted by atomic mass is 32.2. The van der Waals surface area contributed by atoms with E-state index in [1.54, 1.807) is 35.2 Å². The number of aromatic nitrogens is 2. The number of benzene rings is 1. The predicted molar refractivity (Wildman–Crippen MR) is 109 cm³/mol. The number of fused-ring (bicyclic) bond motifs is 1. The van der Waals surface area contributed by atoms with Crippen LogP contribution in [0, 0.1) is 0 Å². The highest BCUT2D eigenvalue weighted by Crippen LogP contribution is 2.29. The quantitative estimate of drug-likeness (QED) is 0.584. The van der Waals surface area contributed by atoms with Crippen LogP contribution in [0.4, 0.5) is 0 Å². The summed E-state index contributed by atoms with van der Waals surface area (Å²) in [6.45, 7) is 0. The van der Waals surface area contributed by atoms with Gasteiger partial charge in [-0.1, -0.05) is 17.3 Å². The van der Waals surface area contributed by atoms with Crippen LogP contribution in [0.15, 0.2) is 39.1 Å². The average molecular weight is 421 g/mol. The molecule has 0 amide bonds. The summed E-state index contributed by atoms with van der Waals surface area (Å²) in [5.41, 5.74) is 4.37. The van der Waals surface area contributed by atoms with Gasteiger partial charge >= 0.3 is 0 Å². The van der Waals surface area contributed by atoms with Crippen LogP contribution in [-0.2, 0) is 34.2 Å². The van der Waals surface area contributed by atoms with Crippen molar-refractivity contribution in [1.82, 2.24) is 10.1 Å². The molecule has 1 aromatic carbocycles. The molecule has 0 radical (unpaired) electrons. The fourth-order valence-corrected chi connectivity index (χ4v) is 5.61. The molecule has 0 bridgehead atoms. The molecule has 0 saturated carbocycles. The van der Waals surface area contributed by atoms with Gasteiger partial charge in [0.2, 0.25) is 0 Å². The Hall–Kier alpha value is -1.64. The van der Waals surface area contributed by atoms with Gasteiger partial charge in [-0.05, 0) is 31.4 Å². The fraction of sp³-hybridized carbons (Fsp3) is 0.368. The van der Waals surface area contributed by atoms with Crippen molar-refractivity contribution in [3.63, 3.8) is 0 Å². The lowest BCUT2D eigenvalue weighted by Gasteiger charge is -2.08. The summed E-state index contributed by atoms with van der Waals surface area (Å²) in [5, 5.41) is 7.21. The van der Waals surface area contributed by atoms with E-state index in [4.69, 9.17) is 4.52 Å². The number of thioether (sulfide) groups is 1. The molecule has 2 aromatic heterocycles. The Balaban J connectivity index is 1.38. The maximum atomic E-state index is 11.6. The summed E-state index contributed by atoms with van der Waals surface area (Å²) in [6, 6.07) is 6.89. The monoisotopic (exact) mass is 420 g/mol. The van der Waals surface area contributed by atoms with Crippen molar-refractivity contribution in [1.29, 1.82) is 0 Å². The van der Waals surface area contributed by atoms with Gasteiger partial charge in [0.1, 0.15) is 10.8 Å². The number of hydrogen-bond acceptors (Lipinski definition) is 7. The minimum atomic E-state index is -3.17. The Kier molecular flexibility index (Phi) is 5.39. The van der Waals surface area contributed by atoms with Crippen LogP contribution in [-0.4, -0.2) is 24.8 Å². The lowest BCUT2D eigenvalue weighted by Crippen LogP contribution is -2.01. The molecule has 0 unspecified atom stereocenters. The zero-order valence-corrected chi connectivity index (χ0v) is 17.4. The third-order valence-corrected chi connectivity index (χ3v) is 7.65. The van der Waals surface area contributed by atoms with E-state index in [9.17, 15) is 8.42 Å². The number of sulfone groups is 1.